The van der Waals surface area contributed by atoms with Gasteiger partial charge in [0.2, 0.25) is 0 Å². The number of rotatable bonds is 2. The predicted molar refractivity (Wildman–Crippen MR) is 59.9 cm³/mol. The van der Waals surface area contributed by atoms with E-state index in [1.807, 2.05) is 0 Å². The van der Waals surface area contributed by atoms with Crippen molar-refractivity contribution in [1.29, 1.82) is 0 Å². The maximum Gasteiger partial charge on any atom is 0.0476 e. The van der Waals surface area contributed by atoms with Gasteiger partial charge in [0, 0.05) is 5.88 Å². The molecule has 0 aliphatic rings. The summed E-state index contributed by atoms with van der Waals surface area (Å²) in [6, 6.07) is 4.31. The Balaban J connectivity index is 0.00000144. The molecule has 0 heterocycles. The molecule has 2 heteroatoms. The summed E-state index contributed by atoms with van der Waals surface area (Å²) >= 11 is 5.80. The summed E-state index contributed by atoms with van der Waals surface area (Å²) in [6.45, 7) is 6.50. The molecule has 74 valence electrons. The van der Waals surface area contributed by atoms with Crippen LogP contribution in [0.3, 0.4) is 0 Å². The molecule has 0 saturated heterocycles. The maximum absolute atomic E-state index is 5.80. The molecule has 0 spiro atoms. The lowest BCUT2D eigenvalue weighted by atomic mass is 9.97. The van der Waals surface area contributed by atoms with Gasteiger partial charge in [0.15, 0.2) is 0 Å². The zero-order valence-corrected chi connectivity index (χ0v) is 9.41. The van der Waals surface area contributed by atoms with Gasteiger partial charge in [-0.25, -0.2) is 0 Å². The average molecular weight is 200 g/mol. The Morgan fingerprint density at radius 3 is 2.00 bits per heavy atom. The molecule has 1 aromatic carbocycles. The zero-order valence-electron chi connectivity index (χ0n) is 8.65. The second-order valence-electron chi connectivity index (χ2n) is 3.12. The minimum Gasteiger partial charge on any atom is -0.344 e. The minimum atomic E-state index is 0. The van der Waals surface area contributed by atoms with Crippen LogP contribution in [0.1, 0.15) is 29.2 Å². The monoisotopic (exact) mass is 199 g/mol. The average Bonchev–Trinajstić information content (AvgIpc) is 2.10. The van der Waals surface area contributed by atoms with Crippen LogP contribution < -0.4 is 6.15 Å². The molecule has 3 N–H and O–H groups in total. The molecule has 0 unspecified atom stereocenters. The number of benzene rings is 1. The molecular weight excluding hydrogens is 182 g/mol. The van der Waals surface area contributed by atoms with Crippen molar-refractivity contribution in [2.24, 2.45) is 0 Å². The van der Waals surface area contributed by atoms with E-state index in [9.17, 15) is 0 Å². The van der Waals surface area contributed by atoms with Gasteiger partial charge in [-0.15, -0.1) is 11.6 Å². The number of halogens is 1. The van der Waals surface area contributed by atoms with Gasteiger partial charge >= 0.3 is 0 Å². The van der Waals surface area contributed by atoms with Gasteiger partial charge in [0.05, 0.1) is 0 Å². The van der Waals surface area contributed by atoms with Crippen LogP contribution in [0.2, 0.25) is 0 Å². The highest BCUT2D eigenvalue weighted by atomic mass is 35.5. The fourth-order valence-corrected chi connectivity index (χ4v) is 1.75. The number of hydrogen-bond donors (Lipinski definition) is 1. The second-order valence-corrected chi connectivity index (χ2v) is 3.39. The number of alkyl halides is 1. The van der Waals surface area contributed by atoms with E-state index in [0.717, 1.165) is 6.42 Å². The second kappa shape index (κ2) is 5.25. The van der Waals surface area contributed by atoms with Crippen LogP contribution in [0.25, 0.3) is 0 Å². The first-order chi connectivity index (χ1) is 5.70. The lowest BCUT2D eigenvalue weighted by Crippen LogP contribution is -1.94. The molecule has 0 amide bonds. The van der Waals surface area contributed by atoms with Crippen LogP contribution in [-0.2, 0) is 12.3 Å². The van der Waals surface area contributed by atoms with Crippen molar-refractivity contribution in [3.05, 3.63) is 34.4 Å². The lowest BCUT2D eigenvalue weighted by Gasteiger charge is -2.09. The topological polar surface area (TPSA) is 35.0 Å². The molecule has 0 aliphatic carbocycles. The summed E-state index contributed by atoms with van der Waals surface area (Å²) in [7, 11) is 0. The van der Waals surface area contributed by atoms with Crippen LogP contribution in [0.15, 0.2) is 12.1 Å². The normalized spacial score (nSPS) is 9.54. The Bertz CT molecular complexity index is 253. The van der Waals surface area contributed by atoms with Gasteiger partial charge in [-0.05, 0) is 42.5 Å². The SMILES string of the molecule is CCc1ccc(CCl)c(C)c1C.N. The predicted octanol–water partition coefficient (Wildman–Crippen LogP) is 3.77. The third-order valence-electron chi connectivity index (χ3n) is 2.54. The van der Waals surface area contributed by atoms with Crippen molar-refractivity contribution in [3.8, 4) is 0 Å². The fraction of sp³-hybridized carbons (Fsp3) is 0.455. The van der Waals surface area contributed by atoms with E-state index < -0.39 is 0 Å². The number of hydrogen-bond acceptors (Lipinski definition) is 1. The van der Waals surface area contributed by atoms with Gasteiger partial charge in [0.25, 0.3) is 0 Å². The van der Waals surface area contributed by atoms with Crippen LogP contribution in [0, 0.1) is 13.8 Å². The molecule has 0 radical (unpaired) electrons. The summed E-state index contributed by atoms with van der Waals surface area (Å²) in [5.41, 5.74) is 5.44. The van der Waals surface area contributed by atoms with Crippen molar-refractivity contribution in [1.82, 2.24) is 6.15 Å². The zero-order chi connectivity index (χ0) is 9.14. The number of aryl methyl sites for hydroxylation is 1. The molecule has 13 heavy (non-hydrogen) atoms. The molecule has 1 rings (SSSR count). The Morgan fingerprint density at radius 1 is 1.08 bits per heavy atom. The van der Waals surface area contributed by atoms with Gasteiger partial charge in [0.1, 0.15) is 0 Å². The first kappa shape index (κ1) is 12.5. The van der Waals surface area contributed by atoms with E-state index in [2.05, 4.69) is 32.9 Å². The molecular formula is C11H18ClN. The van der Waals surface area contributed by atoms with Crippen molar-refractivity contribution in [2.75, 3.05) is 0 Å². The molecule has 0 saturated carbocycles. The van der Waals surface area contributed by atoms with E-state index in [1.165, 1.54) is 22.3 Å². The Morgan fingerprint density at radius 2 is 1.54 bits per heavy atom. The molecule has 0 atom stereocenters. The standard InChI is InChI=1S/C11H15Cl.H3N/c1-4-10-5-6-11(7-12)9(3)8(10)2;/h5-6H,4,7H2,1-3H3;1H3. The molecule has 0 fully saturated rings. The van der Waals surface area contributed by atoms with E-state index in [0.29, 0.717) is 5.88 Å². The van der Waals surface area contributed by atoms with Gasteiger partial charge < -0.3 is 6.15 Å². The van der Waals surface area contributed by atoms with Crippen LogP contribution >= 0.6 is 11.6 Å². The van der Waals surface area contributed by atoms with Crippen molar-refractivity contribution < 1.29 is 0 Å². The third kappa shape index (κ3) is 2.45. The highest BCUT2D eigenvalue weighted by molar-refractivity contribution is 6.17. The van der Waals surface area contributed by atoms with Crippen molar-refractivity contribution in [3.63, 3.8) is 0 Å². The minimum absolute atomic E-state index is 0. The van der Waals surface area contributed by atoms with E-state index in [4.69, 9.17) is 11.6 Å². The summed E-state index contributed by atoms with van der Waals surface area (Å²) < 4.78 is 0. The first-order valence-electron chi connectivity index (χ1n) is 4.34. The Hall–Kier alpha value is -0.530. The van der Waals surface area contributed by atoms with Crippen LogP contribution in [0.5, 0.6) is 0 Å². The summed E-state index contributed by atoms with van der Waals surface area (Å²) in [5.74, 6) is 0.622. The van der Waals surface area contributed by atoms with E-state index >= 15 is 0 Å². The lowest BCUT2D eigenvalue weighted by molar-refractivity contribution is 1.08. The quantitative estimate of drug-likeness (QED) is 0.724. The molecule has 0 bridgehead atoms. The summed E-state index contributed by atoms with van der Waals surface area (Å²) in [6.07, 6.45) is 1.11. The Kier molecular flexibility index (Phi) is 5.04. The smallest absolute Gasteiger partial charge is 0.0476 e. The maximum atomic E-state index is 5.80. The summed E-state index contributed by atoms with van der Waals surface area (Å²) in [5, 5.41) is 0. The van der Waals surface area contributed by atoms with Crippen molar-refractivity contribution in [2.45, 2.75) is 33.1 Å². The van der Waals surface area contributed by atoms with Crippen LogP contribution in [-0.4, -0.2) is 0 Å². The third-order valence-corrected chi connectivity index (χ3v) is 2.82. The van der Waals surface area contributed by atoms with Gasteiger partial charge in [-0.1, -0.05) is 19.1 Å². The van der Waals surface area contributed by atoms with Crippen LogP contribution in [0.4, 0.5) is 0 Å². The fourth-order valence-electron chi connectivity index (χ4n) is 1.46. The summed E-state index contributed by atoms with van der Waals surface area (Å²) in [4.78, 5) is 0. The first-order valence-corrected chi connectivity index (χ1v) is 4.88. The highest BCUT2D eigenvalue weighted by Crippen LogP contribution is 2.19. The van der Waals surface area contributed by atoms with Gasteiger partial charge in [-0.3, -0.25) is 0 Å². The van der Waals surface area contributed by atoms with Crippen molar-refractivity contribution >= 4 is 11.6 Å². The van der Waals surface area contributed by atoms with E-state index in [1.54, 1.807) is 0 Å². The molecule has 1 aromatic rings. The Labute approximate surface area is 85.7 Å². The molecule has 0 aliphatic heterocycles. The highest BCUT2D eigenvalue weighted by Gasteiger charge is 2.03. The molecule has 1 nitrogen and oxygen atoms in total. The van der Waals surface area contributed by atoms with Gasteiger partial charge in [-0.2, -0.15) is 0 Å². The molecule has 0 aromatic heterocycles. The largest absolute Gasteiger partial charge is 0.344 e. The van der Waals surface area contributed by atoms with E-state index in [-0.39, 0.29) is 6.15 Å².